The molecule has 2 N–H and O–H groups in total. The molecule has 1 aromatic carbocycles. The van der Waals surface area contributed by atoms with E-state index in [0.717, 1.165) is 37.5 Å². The SMILES string of the molecule is CC(C)Cn1c(CN2CCC(O)(CO)CC2)nc2ccccc21. The van der Waals surface area contributed by atoms with Gasteiger partial charge in [0.25, 0.3) is 0 Å². The summed E-state index contributed by atoms with van der Waals surface area (Å²) in [5, 5.41) is 19.4. The summed E-state index contributed by atoms with van der Waals surface area (Å²) in [6.45, 7) is 7.64. The number of para-hydroxylation sites is 2. The van der Waals surface area contributed by atoms with Crippen LogP contribution in [0.5, 0.6) is 0 Å². The van der Waals surface area contributed by atoms with Crippen molar-refractivity contribution in [2.24, 2.45) is 5.92 Å². The Bertz CT molecular complexity index is 657. The van der Waals surface area contributed by atoms with E-state index in [-0.39, 0.29) is 6.61 Å². The standard InChI is InChI=1S/C18H27N3O2/c1-14(2)11-21-16-6-4-3-5-15(16)19-17(21)12-20-9-7-18(23,13-22)8-10-20/h3-6,14,22-23H,7-13H2,1-2H3. The van der Waals surface area contributed by atoms with E-state index in [1.807, 2.05) is 6.07 Å². The van der Waals surface area contributed by atoms with Gasteiger partial charge in [0.05, 0.1) is 29.8 Å². The molecule has 1 fully saturated rings. The van der Waals surface area contributed by atoms with Gasteiger partial charge in [-0.15, -0.1) is 0 Å². The highest BCUT2D eigenvalue weighted by molar-refractivity contribution is 5.75. The third-order valence-corrected chi connectivity index (χ3v) is 4.73. The minimum absolute atomic E-state index is 0.146. The number of hydrogen-bond donors (Lipinski definition) is 2. The fraction of sp³-hybridized carbons (Fsp3) is 0.611. The van der Waals surface area contributed by atoms with Crippen LogP contribution in [0.2, 0.25) is 0 Å². The number of nitrogens with zero attached hydrogens (tertiary/aromatic N) is 3. The zero-order valence-electron chi connectivity index (χ0n) is 14.1. The number of aromatic nitrogens is 2. The van der Waals surface area contributed by atoms with Gasteiger partial charge < -0.3 is 14.8 Å². The molecule has 3 rings (SSSR count). The van der Waals surface area contributed by atoms with Gasteiger partial charge in [0.1, 0.15) is 5.82 Å². The van der Waals surface area contributed by atoms with E-state index < -0.39 is 5.60 Å². The summed E-state index contributed by atoms with van der Waals surface area (Å²) in [7, 11) is 0. The summed E-state index contributed by atoms with van der Waals surface area (Å²) in [6, 6.07) is 8.29. The molecule has 0 aliphatic carbocycles. The first kappa shape index (κ1) is 16.4. The molecule has 2 aromatic rings. The van der Waals surface area contributed by atoms with Crippen molar-refractivity contribution in [3.05, 3.63) is 30.1 Å². The van der Waals surface area contributed by atoms with E-state index in [4.69, 9.17) is 4.98 Å². The topological polar surface area (TPSA) is 61.5 Å². The number of piperidine rings is 1. The minimum atomic E-state index is -0.894. The zero-order valence-corrected chi connectivity index (χ0v) is 14.1. The summed E-state index contributed by atoms with van der Waals surface area (Å²) in [5.74, 6) is 1.65. The predicted molar refractivity (Wildman–Crippen MR) is 91.1 cm³/mol. The molecular formula is C18H27N3O2. The molecule has 126 valence electrons. The molecule has 1 saturated heterocycles. The van der Waals surface area contributed by atoms with Crippen LogP contribution in [-0.2, 0) is 13.1 Å². The molecule has 1 aliphatic rings. The van der Waals surface area contributed by atoms with Gasteiger partial charge in [0.2, 0.25) is 0 Å². The predicted octanol–water partition coefficient (Wildman–Crippen LogP) is 2.01. The molecule has 23 heavy (non-hydrogen) atoms. The Morgan fingerprint density at radius 3 is 2.57 bits per heavy atom. The number of hydrogen-bond acceptors (Lipinski definition) is 4. The molecule has 0 amide bonds. The largest absolute Gasteiger partial charge is 0.393 e. The van der Waals surface area contributed by atoms with Gasteiger partial charge in [0.15, 0.2) is 0 Å². The molecule has 0 spiro atoms. The Morgan fingerprint density at radius 1 is 1.22 bits per heavy atom. The molecule has 0 saturated carbocycles. The summed E-state index contributed by atoms with van der Waals surface area (Å²) >= 11 is 0. The molecule has 5 heteroatoms. The second-order valence-corrected chi connectivity index (χ2v) is 7.18. The number of likely N-dealkylation sites (tertiary alicyclic amines) is 1. The number of fused-ring (bicyclic) bond motifs is 1. The van der Waals surface area contributed by atoms with Crippen LogP contribution < -0.4 is 0 Å². The second-order valence-electron chi connectivity index (χ2n) is 7.18. The number of aliphatic hydroxyl groups excluding tert-OH is 1. The van der Waals surface area contributed by atoms with Crippen LogP contribution in [0.25, 0.3) is 11.0 Å². The lowest BCUT2D eigenvalue weighted by molar-refractivity contribution is -0.0611. The van der Waals surface area contributed by atoms with Gasteiger partial charge in [-0.25, -0.2) is 4.98 Å². The molecule has 0 unspecified atom stereocenters. The number of aliphatic hydroxyl groups is 2. The summed E-state index contributed by atoms with van der Waals surface area (Å²) < 4.78 is 2.33. The van der Waals surface area contributed by atoms with Crippen LogP contribution in [0.15, 0.2) is 24.3 Å². The van der Waals surface area contributed by atoms with Gasteiger partial charge >= 0.3 is 0 Å². The van der Waals surface area contributed by atoms with Crippen molar-refractivity contribution in [3.8, 4) is 0 Å². The summed E-state index contributed by atoms with van der Waals surface area (Å²) in [5.41, 5.74) is 1.35. The van der Waals surface area contributed by atoms with Crippen molar-refractivity contribution >= 4 is 11.0 Å². The van der Waals surface area contributed by atoms with Gasteiger partial charge in [0, 0.05) is 19.6 Å². The lowest BCUT2D eigenvalue weighted by atomic mass is 9.92. The lowest BCUT2D eigenvalue weighted by Gasteiger charge is -2.36. The van der Waals surface area contributed by atoms with Gasteiger partial charge in [-0.1, -0.05) is 26.0 Å². The van der Waals surface area contributed by atoms with E-state index in [1.165, 1.54) is 5.52 Å². The molecular weight excluding hydrogens is 290 g/mol. The average molecular weight is 317 g/mol. The Hall–Kier alpha value is -1.43. The first-order chi connectivity index (χ1) is 11.0. The fourth-order valence-corrected chi connectivity index (χ4v) is 3.30. The maximum atomic E-state index is 10.2. The number of benzene rings is 1. The van der Waals surface area contributed by atoms with Crippen LogP contribution in [0.4, 0.5) is 0 Å². The summed E-state index contributed by atoms with van der Waals surface area (Å²) in [4.78, 5) is 7.15. The van der Waals surface area contributed by atoms with Crippen molar-refractivity contribution in [2.75, 3.05) is 19.7 Å². The molecule has 1 aromatic heterocycles. The minimum Gasteiger partial charge on any atom is -0.393 e. The zero-order chi connectivity index (χ0) is 16.4. The van der Waals surface area contributed by atoms with Crippen molar-refractivity contribution in [1.82, 2.24) is 14.5 Å². The second kappa shape index (κ2) is 6.59. The maximum absolute atomic E-state index is 10.2. The van der Waals surface area contributed by atoms with Crippen molar-refractivity contribution in [1.29, 1.82) is 0 Å². The van der Waals surface area contributed by atoms with E-state index >= 15 is 0 Å². The highest BCUT2D eigenvalue weighted by Crippen LogP contribution is 2.24. The van der Waals surface area contributed by atoms with Gasteiger partial charge in [-0.05, 0) is 30.9 Å². The monoisotopic (exact) mass is 317 g/mol. The quantitative estimate of drug-likeness (QED) is 0.885. The van der Waals surface area contributed by atoms with Crippen LogP contribution in [0.1, 0.15) is 32.5 Å². The maximum Gasteiger partial charge on any atom is 0.124 e. The van der Waals surface area contributed by atoms with Crippen LogP contribution in [-0.4, -0.2) is 50.0 Å². The Labute approximate surface area is 137 Å². The smallest absolute Gasteiger partial charge is 0.124 e. The normalized spacial score (nSPS) is 18.8. The first-order valence-corrected chi connectivity index (χ1v) is 8.50. The molecule has 5 nitrogen and oxygen atoms in total. The van der Waals surface area contributed by atoms with Crippen LogP contribution in [0.3, 0.4) is 0 Å². The summed E-state index contributed by atoms with van der Waals surface area (Å²) in [6.07, 6.45) is 1.24. The lowest BCUT2D eigenvalue weighted by Crippen LogP contribution is -2.46. The van der Waals surface area contributed by atoms with E-state index in [9.17, 15) is 10.2 Å². The Morgan fingerprint density at radius 2 is 1.91 bits per heavy atom. The van der Waals surface area contributed by atoms with Crippen molar-refractivity contribution in [2.45, 2.75) is 45.4 Å². The third-order valence-electron chi connectivity index (χ3n) is 4.73. The molecule has 0 radical (unpaired) electrons. The van der Waals surface area contributed by atoms with Crippen LogP contribution >= 0.6 is 0 Å². The Kier molecular flexibility index (Phi) is 4.71. The number of imidazole rings is 1. The average Bonchev–Trinajstić information content (AvgIpc) is 2.87. The molecule has 0 atom stereocenters. The van der Waals surface area contributed by atoms with E-state index in [0.29, 0.717) is 18.8 Å². The highest BCUT2D eigenvalue weighted by atomic mass is 16.3. The van der Waals surface area contributed by atoms with E-state index in [2.05, 4.69) is 41.5 Å². The molecule has 0 bridgehead atoms. The van der Waals surface area contributed by atoms with Crippen molar-refractivity contribution in [3.63, 3.8) is 0 Å². The highest BCUT2D eigenvalue weighted by Gasteiger charge is 2.31. The van der Waals surface area contributed by atoms with Crippen molar-refractivity contribution < 1.29 is 10.2 Å². The third kappa shape index (κ3) is 3.57. The first-order valence-electron chi connectivity index (χ1n) is 8.50. The van der Waals surface area contributed by atoms with E-state index in [1.54, 1.807) is 0 Å². The molecule has 1 aliphatic heterocycles. The van der Waals surface area contributed by atoms with Gasteiger partial charge in [-0.3, -0.25) is 4.90 Å². The fourth-order valence-electron chi connectivity index (χ4n) is 3.30. The van der Waals surface area contributed by atoms with Gasteiger partial charge in [-0.2, -0.15) is 0 Å². The van der Waals surface area contributed by atoms with Crippen LogP contribution in [0, 0.1) is 5.92 Å². The number of rotatable bonds is 5. The Balaban J connectivity index is 1.80. The molecule has 2 heterocycles.